The summed E-state index contributed by atoms with van der Waals surface area (Å²) in [5.74, 6) is 1.74. The maximum absolute atomic E-state index is 5.42. The molecule has 1 N–H and O–H groups in total. The van der Waals surface area contributed by atoms with Gasteiger partial charge in [-0.3, -0.25) is 0 Å². The molecule has 4 heteroatoms. The molecule has 4 nitrogen and oxygen atoms in total. The molecule has 3 rings (SSSR count). The van der Waals surface area contributed by atoms with Crippen LogP contribution in [-0.4, -0.2) is 37.4 Å². The van der Waals surface area contributed by atoms with Crippen LogP contribution in [0, 0.1) is 0 Å². The monoisotopic (exact) mass is 276 g/mol. The summed E-state index contributed by atoms with van der Waals surface area (Å²) < 4.78 is 10.8. The fourth-order valence-electron chi connectivity index (χ4n) is 2.99. The largest absolute Gasteiger partial charge is 0.454 e. The van der Waals surface area contributed by atoms with Crippen LogP contribution in [0.5, 0.6) is 11.5 Å². The van der Waals surface area contributed by atoms with Crippen molar-refractivity contribution in [2.75, 3.05) is 26.4 Å². The average molecular weight is 276 g/mol. The molecule has 1 aromatic carbocycles. The third-order valence-corrected chi connectivity index (χ3v) is 4.30. The van der Waals surface area contributed by atoms with E-state index < -0.39 is 0 Å². The van der Waals surface area contributed by atoms with Crippen molar-refractivity contribution < 1.29 is 9.47 Å². The van der Waals surface area contributed by atoms with E-state index in [4.69, 9.17) is 9.47 Å². The zero-order valence-corrected chi connectivity index (χ0v) is 12.2. The third-order valence-electron chi connectivity index (χ3n) is 4.30. The Morgan fingerprint density at radius 3 is 3.00 bits per heavy atom. The van der Waals surface area contributed by atoms with Crippen LogP contribution in [0.3, 0.4) is 0 Å². The molecule has 2 heterocycles. The van der Waals surface area contributed by atoms with Gasteiger partial charge in [0.2, 0.25) is 6.79 Å². The van der Waals surface area contributed by atoms with Gasteiger partial charge in [0.15, 0.2) is 11.5 Å². The van der Waals surface area contributed by atoms with E-state index in [2.05, 4.69) is 29.3 Å². The van der Waals surface area contributed by atoms with E-state index in [0.717, 1.165) is 18.0 Å². The number of rotatable bonds is 4. The Bertz CT molecular complexity index is 450. The molecule has 1 atom stereocenters. The van der Waals surface area contributed by atoms with Crippen molar-refractivity contribution in [3.05, 3.63) is 23.8 Å². The molecule has 0 saturated carbocycles. The zero-order valence-electron chi connectivity index (χ0n) is 12.2. The molecule has 20 heavy (non-hydrogen) atoms. The predicted octanol–water partition coefficient (Wildman–Crippen LogP) is 2.38. The maximum atomic E-state index is 5.42. The Labute approximate surface area is 121 Å². The van der Waals surface area contributed by atoms with E-state index in [1.54, 1.807) is 0 Å². The highest BCUT2D eigenvalue weighted by molar-refractivity contribution is 5.44. The van der Waals surface area contributed by atoms with E-state index >= 15 is 0 Å². The van der Waals surface area contributed by atoms with Crippen LogP contribution < -0.4 is 14.8 Å². The SMILES string of the molecule is CCN1CCCC(NCc2ccc3c(c2)OCO3)CC1. The van der Waals surface area contributed by atoms with Crippen LogP contribution in [-0.2, 0) is 6.54 Å². The van der Waals surface area contributed by atoms with E-state index in [1.807, 2.05) is 6.07 Å². The first-order valence-corrected chi connectivity index (χ1v) is 7.69. The first kappa shape index (κ1) is 13.7. The van der Waals surface area contributed by atoms with Crippen LogP contribution in [0.25, 0.3) is 0 Å². The molecular formula is C16H24N2O2. The van der Waals surface area contributed by atoms with Crippen molar-refractivity contribution >= 4 is 0 Å². The van der Waals surface area contributed by atoms with Gasteiger partial charge in [-0.15, -0.1) is 0 Å². The zero-order chi connectivity index (χ0) is 13.8. The quantitative estimate of drug-likeness (QED) is 0.915. The molecule has 0 aromatic heterocycles. The number of hydrogen-bond donors (Lipinski definition) is 1. The highest BCUT2D eigenvalue weighted by Crippen LogP contribution is 2.32. The van der Waals surface area contributed by atoms with E-state index in [1.165, 1.54) is 44.5 Å². The Morgan fingerprint density at radius 2 is 2.10 bits per heavy atom. The van der Waals surface area contributed by atoms with Crippen molar-refractivity contribution in [2.45, 2.75) is 38.8 Å². The third kappa shape index (κ3) is 3.25. The molecule has 2 aliphatic rings. The molecule has 0 radical (unpaired) electrons. The Hall–Kier alpha value is -1.26. The fraction of sp³-hybridized carbons (Fsp3) is 0.625. The van der Waals surface area contributed by atoms with Crippen molar-refractivity contribution in [3.63, 3.8) is 0 Å². The van der Waals surface area contributed by atoms with Gasteiger partial charge in [-0.05, 0) is 56.6 Å². The standard InChI is InChI=1S/C16H24N2O2/c1-2-18-8-3-4-14(7-9-18)17-11-13-5-6-15-16(10-13)20-12-19-15/h5-6,10,14,17H,2-4,7-9,11-12H2,1H3. The molecule has 1 unspecified atom stereocenters. The van der Waals surface area contributed by atoms with Crippen molar-refractivity contribution in [1.82, 2.24) is 10.2 Å². The van der Waals surface area contributed by atoms with Crippen molar-refractivity contribution in [1.29, 1.82) is 0 Å². The van der Waals surface area contributed by atoms with E-state index in [-0.39, 0.29) is 0 Å². The first-order valence-electron chi connectivity index (χ1n) is 7.69. The van der Waals surface area contributed by atoms with Gasteiger partial charge in [-0.1, -0.05) is 13.0 Å². The molecular weight excluding hydrogens is 252 g/mol. The summed E-state index contributed by atoms with van der Waals surface area (Å²) in [6.07, 6.45) is 3.83. The van der Waals surface area contributed by atoms with E-state index in [9.17, 15) is 0 Å². The Kier molecular flexibility index (Phi) is 4.43. The molecule has 0 amide bonds. The molecule has 1 saturated heterocycles. The smallest absolute Gasteiger partial charge is 0.231 e. The average Bonchev–Trinajstić information content (AvgIpc) is 2.82. The number of nitrogens with one attached hydrogen (secondary N) is 1. The van der Waals surface area contributed by atoms with Crippen molar-refractivity contribution in [2.24, 2.45) is 0 Å². The van der Waals surface area contributed by atoms with Gasteiger partial charge >= 0.3 is 0 Å². The lowest BCUT2D eigenvalue weighted by Crippen LogP contribution is -2.30. The number of benzene rings is 1. The second-order valence-electron chi connectivity index (χ2n) is 5.63. The van der Waals surface area contributed by atoms with Gasteiger partial charge in [0.1, 0.15) is 0 Å². The van der Waals surface area contributed by atoms with Gasteiger partial charge in [-0.25, -0.2) is 0 Å². The lowest BCUT2D eigenvalue weighted by Gasteiger charge is -2.18. The van der Waals surface area contributed by atoms with Crippen LogP contribution >= 0.6 is 0 Å². The van der Waals surface area contributed by atoms with Gasteiger partial charge in [0.05, 0.1) is 0 Å². The molecule has 0 bridgehead atoms. The minimum atomic E-state index is 0.349. The molecule has 0 spiro atoms. The van der Waals surface area contributed by atoms with Gasteiger partial charge < -0.3 is 19.7 Å². The number of fused-ring (bicyclic) bond motifs is 1. The Morgan fingerprint density at radius 1 is 1.20 bits per heavy atom. The first-order chi connectivity index (χ1) is 9.85. The van der Waals surface area contributed by atoms with Crippen LogP contribution in [0.4, 0.5) is 0 Å². The molecule has 1 fully saturated rings. The lowest BCUT2D eigenvalue weighted by molar-refractivity contribution is 0.174. The lowest BCUT2D eigenvalue weighted by atomic mass is 10.1. The van der Waals surface area contributed by atoms with E-state index in [0.29, 0.717) is 12.8 Å². The second kappa shape index (κ2) is 6.46. The summed E-state index contributed by atoms with van der Waals surface area (Å²) in [4.78, 5) is 2.54. The second-order valence-corrected chi connectivity index (χ2v) is 5.63. The Balaban J connectivity index is 1.51. The van der Waals surface area contributed by atoms with Crippen LogP contribution in [0.15, 0.2) is 18.2 Å². The number of ether oxygens (including phenoxy) is 2. The minimum absolute atomic E-state index is 0.349. The highest BCUT2D eigenvalue weighted by atomic mass is 16.7. The summed E-state index contributed by atoms with van der Waals surface area (Å²) in [7, 11) is 0. The van der Waals surface area contributed by atoms with Crippen LogP contribution in [0.1, 0.15) is 31.7 Å². The number of nitrogens with zero attached hydrogens (tertiary/aromatic N) is 1. The highest BCUT2D eigenvalue weighted by Gasteiger charge is 2.16. The van der Waals surface area contributed by atoms with Crippen LogP contribution in [0.2, 0.25) is 0 Å². The molecule has 110 valence electrons. The molecule has 1 aromatic rings. The number of likely N-dealkylation sites (tertiary alicyclic amines) is 1. The van der Waals surface area contributed by atoms with Gasteiger partial charge in [-0.2, -0.15) is 0 Å². The summed E-state index contributed by atoms with van der Waals surface area (Å²) in [6, 6.07) is 6.85. The van der Waals surface area contributed by atoms with Crippen molar-refractivity contribution in [3.8, 4) is 11.5 Å². The predicted molar refractivity (Wildman–Crippen MR) is 79.2 cm³/mol. The fourth-order valence-corrected chi connectivity index (χ4v) is 2.99. The summed E-state index contributed by atoms with van der Waals surface area (Å²) >= 11 is 0. The summed E-state index contributed by atoms with van der Waals surface area (Å²) in [5, 5.41) is 3.69. The summed E-state index contributed by atoms with van der Waals surface area (Å²) in [5.41, 5.74) is 1.27. The number of hydrogen-bond acceptors (Lipinski definition) is 4. The van der Waals surface area contributed by atoms with Gasteiger partial charge in [0.25, 0.3) is 0 Å². The molecule has 0 aliphatic carbocycles. The maximum Gasteiger partial charge on any atom is 0.231 e. The normalized spacial score (nSPS) is 22.8. The molecule has 2 aliphatic heterocycles. The van der Waals surface area contributed by atoms with Gasteiger partial charge in [0, 0.05) is 12.6 Å². The minimum Gasteiger partial charge on any atom is -0.454 e. The topological polar surface area (TPSA) is 33.7 Å². The summed E-state index contributed by atoms with van der Waals surface area (Å²) in [6.45, 7) is 7.15.